The minimum Gasteiger partial charge on any atom is -0.481 e. The molecule has 0 aliphatic heterocycles. The molecule has 1 atom stereocenters. The van der Waals surface area contributed by atoms with Gasteiger partial charge in [-0.2, -0.15) is 0 Å². The number of carbonyl (C=O) groups excluding carboxylic acids is 1. The zero-order chi connectivity index (χ0) is 17.0. The summed E-state index contributed by atoms with van der Waals surface area (Å²) in [6, 6.07) is 7.41. The number of nitrogens with zero attached hydrogens (tertiary/aromatic N) is 2. The highest BCUT2D eigenvalue weighted by molar-refractivity contribution is 7.13. The summed E-state index contributed by atoms with van der Waals surface area (Å²) in [6.45, 7) is 1.75. The summed E-state index contributed by atoms with van der Waals surface area (Å²) in [6.07, 6.45) is 0.143. The standard InChI is InChI=1S/C16H17ClN2O3S/c1-10(16(21)22)8-19(2)14(20)7-11-9-23-15(18-11)12-5-3-4-6-13(12)17/h3-6,9-10H,7-8H2,1-2H3,(H,21,22). The number of thiazole rings is 1. The van der Waals surface area contributed by atoms with Gasteiger partial charge in [-0.3, -0.25) is 9.59 Å². The number of carboxylic acids is 1. The second-order valence-corrected chi connectivity index (χ2v) is 6.58. The molecule has 1 heterocycles. The predicted octanol–water partition coefficient (Wildman–Crippen LogP) is 3.19. The summed E-state index contributed by atoms with van der Waals surface area (Å²) in [4.78, 5) is 28.9. The monoisotopic (exact) mass is 352 g/mol. The van der Waals surface area contributed by atoms with Gasteiger partial charge in [0.2, 0.25) is 5.91 Å². The molecule has 2 aromatic rings. The van der Waals surface area contributed by atoms with Crippen molar-refractivity contribution < 1.29 is 14.7 Å². The fourth-order valence-corrected chi connectivity index (χ4v) is 3.17. The third-order valence-corrected chi connectivity index (χ3v) is 4.64. The Morgan fingerprint density at radius 2 is 2.09 bits per heavy atom. The average molecular weight is 353 g/mol. The fraction of sp³-hybridized carbons (Fsp3) is 0.312. The molecule has 1 aromatic heterocycles. The van der Waals surface area contributed by atoms with E-state index in [0.29, 0.717) is 10.7 Å². The van der Waals surface area contributed by atoms with Crippen LogP contribution in [0.15, 0.2) is 29.6 Å². The molecule has 122 valence electrons. The van der Waals surface area contributed by atoms with E-state index in [-0.39, 0.29) is 18.9 Å². The van der Waals surface area contributed by atoms with Crippen molar-refractivity contribution in [3.63, 3.8) is 0 Å². The second kappa shape index (κ2) is 7.57. The van der Waals surface area contributed by atoms with Crippen molar-refractivity contribution in [2.75, 3.05) is 13.6 Å². The molecule has 0 spiro atoms. The normalized spacial score (nSPS) is 12.0. The Kier molecular flexibility index (Phi) is 5.74. The minimum absolute atomic E-state index is 0.143. The number of aromatic nitrogens is 1. The van der Waals surface area contributed by atoms with Crippen molar-refractivity contribution in [2.24, 2.45) is 5.92 Å². The molecular weight excluding hydrogens is 336 g/mol. The van der Waals surface area contributed by atoms with E-state index >= 15 is 0 Å². The summed E-state index contributed by atoms with van der Waals surface area (Å²) < 4.78 is 0. The van der Waals surface area contributed by atoms with Gasteiger partial charge in [-0.15, -0.1) is 11.3 Å². The molecule has 0 radical (unpaired) electrons. The lowest BCUT2D eigenvalue weighted by Crippen LogP contribution is -2.34. The van der Waals surface area contributed by atoms with Gasteiger partial charge in [-0.1, -0.05) is 36.7 Å². The largest absolute Gasteiger partial charge is 0.481 e. The molecule has 1 aromatic carbocycles. The molecule has 1 amide bonds. The lowest BCUT2D eigenvalue weighted by Gasteiger charge is -2.18. The fourth-order valence-electron chi connectivity index (χ4n) is 2.03. The number of carbonyl (C=O) groups is 2. The smallest absolute Gasteiger partial charge is 0.308 e. The van der Waals surface area contributed by atoms with Crippen LogP contribution in [0.4, 0.5) is 0 Å². The maximum absolute atomic E-state index is 12.2. The summed E-state index contributed by atoms with van der Waals surface area (Å²) in [7, 11) is 1.60. The lowest BCUT2D eigenvalue weighted by molar-refractivity contribution is -0.142. The molecule has 0 aliphatic carbocycles. The molecule has 0 saturated carbocycles. The van der Waals surface area contributed by atoms with Crippen molar-refractivity contribution in [3.05, 3.63) is 40.4 Å². The Bertz CT molecular complexity index is 717. The Balaban J connectivity index is 2.03. The van der Waals surface area contributed by atoms with Crippen LogP contribution in [0.3, 0.4) is 0 Å². The average Bonchev–Trinajstić information content (AvgIpc) is 2.95. The van der Waals surface area contributed by atoms with Crippen molar-refractivity contribution in [2.45, 2.75) is 13.3 Å². The highest BCUT2D eigenvalue weighted by Gasteiger charge is 2.18. The number of carboxylic acid groups (broad SMARTS) is 1. The molecule has 0 saturated heterocycles. The van der Waals surface area contributed by atoms with Gasteiger partial charge in [-0.25, -0.2) is 4.98 Å². The van der Waals surface area contributed by atoms with Crippen LogP contribution < -0.4 is 0 Å². The second-order valence-electron chi connectivity index (χ2n) is 5.31. The van der Waals surface area contributed by atoms with Crippen molar-refractivity contribution in [1.29, 1.82) is 0 Å². The molecule has 0 fully saturated rings. The zero-order valence-electron chi connectivity index (χ0n) is 12.8. The lowest BCUT2D eigenvalue weighted by atomic mass is 10.1. The van der Waals surface area contributed by atoms with Gasteiger partial charge in [0.05, 0.1) is 23.1 Å². The predicted molar refractivity (Wildman–Crippen MR) is 90.7 cm³/mol. The number of aliphatic carboxylic acids is 1. The van der Waals surface area contributed by atoms with Gasteiger partial charge in [0, 0.05) is 24.5 Å². The molecule has 1 N–H and O–H groups in total. The maximum Gasteiger partial charge on any atom is 0.308 e. The highest BCUT2D eigenvalue weighted by Crippen LogP contribution is 2.30. The molecule has 0 aliphatic rings. The molecule has 0 bridgehead atoms. The number of hydrogen-bond acceptors (Lipinski definition) is 4. The maximum atomic E-state index is 12.2. The number of rotatable bonds is 6. The van der Waals surface area contributed by atoms with Crippen LogP contribution >= 0.6 is 22.9 Å². The summed E-state index contributed by atoms with van der Waals surface area (Å²) >= 11 is 7.58. The van der Waals surface area contributed by atoms with Crippen molar-refractivity contribution in [3.8, 4) is 10.6 Å². The van der Waals surface area contributed by atoms with Crippen LogP contribution in [-0.2, 0) is 16.0 Å². The van der Waals surface area contributed by atoms with Crippen LogP contribution in [0.1, 0.15) is 12.6 Å². The van der Waals surface area contributed by atoms with Crippen LogP contribution in [0.25, 0.3) is 10.6 Å². The van der Waals surface area contributed by atoms with Gasteiger partial charge in [-0.05, 0) is 6.07 Å². The van der Waals surface area contributed by atoms with Gasteiger partial charge in [0.15, 0.2) is 0 Å². The Hall–Kier alpha value is -1.92. The Labute approximate surface area is 143 Å². The van der Waals surface area contributed by atoms with Gasteiger partial charge >= 0.3 is 5.97 Å². The van der Waals surface area contributed by atoms with Crippen molar-refractivity contribution in [1.82, 2.24) is 9.88 Å². The summed E-state index contributed by atoms with van der Waals surface area (Å²) in [5.41, 5.74) is 1.50. The van der Waals surface area contributed by atoms with Gasteiger partial charge < -0.3 is 10.0 Å². The first kappa shape index (κ1) is 17.4. The van der Waals surface area contributed by atoms with Crippen LogP contribution in [0, 0.1) is 5.92 Å². The molecule has 7 heteroatoms. The molecule has 2 rings (SSSR count). The number of halogens is 1. The van der Waals surface area contributed by atoms with E-state index in [1.54, 1.807) is 20.0 Å². The van der Waals surface area contributed by atoms with E-state index in [4.69, 9.17) is 16.7 Å². The van der Waals surface area contributed by atoms with E-state index in [9.17, 15) is 9.59 Å². The minimum atomic E-state index is -0.917. The number of benzene rings is 1. The SMILES string of the molecule is CC(CN(C)C(=O)Cc1csc(-c2ccccc2Cl)n1)C(=O)O. The quantitative estimate of drug-likeness (QED) is 0.866. The third-order valence-electron chi connectivity index (χ3n) is 3.38. The van der Waals surface area contributed by atoms with Crippen LogP contribution in [-0.4, -0.2) is 40.5 Å². The van der Waals surface area contributed by atoms with E-state index in [1.807, 2.05) is 23.6 Å². The third kappa shape index (κ3) is 4.53. The topological polar surface area (TPSA) is 70.5 Å². The number of likely N-dealkylation sites (N-methyl/N-ethyl adjacent to an activating group) is 1. The number of hydrogen-bond donors (Lipinski definition) is 1. The van der Waals surface area contributed by atoms with E-state index in [1.165, 1.54) is 16.2 Å². The van der Waals surface area contributed by atoms with Gasteiger partial charge in [0.1, 0.15) is 5.01 Å². The van der Waals surface area contributed by atoms with Gasteiger partial charge in [0.25, 0.3) is 0 Å². The molecule has 23 heavy (non-hydrogen) atoms. The molecule has 1 unspecified atom stereocenters. The summed E-state index contributed by atoms with van der Waals surface area (Å²) in [5, 5.41) is 12.1. The molecule has 5 nitrogen and oxygen atoms in total. The zero-order valence-corrected chi connectivity index (χ0v) is 14.4. The van der Waals surface area contributed by atoms with E-state index in [2.05, 4.69) is 4.98 Å². The van der Waals surface area contributed by atoms with Crippen LogP contribution in [0.2, 0.25) is 5.02 Å². The Morgan fingerprint density at radius 3 is 2.74 bits per heavy atom. The first-order valence-corrected chi connectivity index (χ1v) is 8.30. The van der Waals surface area contributed by atoms with E-state index in [0.717, 1.165) is 10.6 Å². The first-order chi connectivity index (χ1) is 10.9. The molecular formula is C16H17ClN2O3S. The van der Waals surface area contributed by atoms with Crippen molar-refractivity contribution >= 4 is 34.8 Å². The first-order valence-electron chi connectivity index (χ1n) is 7.04. The number of amides is 1. The van der Waals surface area contributed by atoms with E-state index < -0.39 is 11.9 Å². The highest BCUT2D eigenvalue weighted by atomic mass is 35.5. The Morgan fingerprint density at radius 1 is 1.39 bits per heavy atom. The summed E-state index contributed by atoms with van der Waals surface area (Å²) in [5.74, 6) is -1.67. The van der Waals surface area contributed by atoms with Crippen LogP contribution in [0.5, 0.6) is 0 Å².